The summed E-state index contributed by atoms with van der Waals surface area (Å²) >= 11 is 0. The summed E-state index contributed by atoms with van der Waals surface area (Å²) in [6, 6.07) is 4.14. The van der Waals surface area contributed by atoms with Gasteiger partial charge in [0.05, 0.1) is 1.37 Å². The van der Waals surface area contributed by atoms with E-state index in [9.17, 15) is 0 Å². The first-order chi connectivity index (χ1) is 4.70. The Labute approximate surface area is 57.2 Å². The molecule has 1 heterocycles. The zero-order valence-corrected chi connectivity index (χ0v) is 5.76. The van der Waals surface area contributed by atoms with E-state index in [0.29, 0.717) is 12.0 Å². The quantitative estimate of drug-likeness (QED) is 0.558. The Bertz CT molecular complexity index is 203. The van der Waals surface area contributed by atoms with Gasteiger partial charge in [0.25, 0.3) is 0 Å². The second-order valence-electron chi connectivity index (χ2n) is 2.34. The zero-order valence-electron chi connectivity index (χ0n) is 6.76. The molecule has 9 heavy (non-hydrogen) atoms. The van der Waals surface area contributed by atoms with Crippen molar-refractivity contribution in [2.45, 2.75) is 19.8 Å². The fraction of sp³-hybridized carbons (Fsp3) is 0.375. The highest BCUT2D eigenvalue weighted by Gasteiger charge is 1.95. The van der Waals surface area contributed by atoms with E-state index >= 15 is 0 Å². The van der Waals surface area contributed by atoms with Crippen molar-refractivity contribution in [3.8, 4) is 0 Å². The van der Waals surface area contributed by atoms with Gasteiger partial charge in [0.15, 0.2) is 0 Å². The highest BCUT2D eigenvalue weighted by Crippen LogP contribution is 2.08. The Balaban J connectivity index is 2.89. The van der Waals surface area contributed by atoms with Gasteiger partial charge in [0, 0.05) is 11.9 Å². The molecular formula is C8H11N. The van der Waals surface area contributed by atoms with E-state index in [1.165, 1.54) is 0 Å². The lowest BCUT2D eigenvalue weighted by Gasteiger charge is -2.00. The highest BCUT2D eigenvalue weighted by atomic mass is 14.7. The third-order valence-electron chi connectivity index (χ3n) is 1.23. The minimum absolute atomic E-state index is 0.459. The fourth-order valence-corrected chi connectivity index (χ4v) is 0.673. The standard InChI is InChI=1S/C8H11N/c1-7(2)8-5-3-4-6-9-8/h3-7H,1-2H3/i4T. The van der Waals surface area contributed by atoms with Crippen LogP contribution in [0.3, 0.4) is 0 Å². The maximum Gasteiger partial charge on any atom is 0.0639 e. The Morgan fingerprint density at radius 3 is 2.89 bits per heavy atom. The van der Waals surface area contributed by atoms with Crippen molar-refractivity contribution in [1.82, 2.24) is 4.98 Å². The van der Waals surface area contributed by atoms with Crippen molar-refractivity contribution in [2.24, 2.45) is 0 Å². The summed E-state index contributed by atoms with van der Waals surface area (Å²) in [5.41, 5.74) is 1.05. The van der Waals surface area contributed by atoms with Gasteiger partial charge < -0.3 is 0 Å². The van der Waals surface area contributed by atoms with Crippen LogP contribution in [0.4, 0.5) is 0 Å². The molecule has 0 aromatic carbocycles. The van der Waals surface area contributed by atoms with Crippen LogP contribution in [0, 0.1) is 0 Å². The van der Waals surface area contributed by atoms with Crippen molar-refractivity contribution in [1.29, 1.82) is 0 Å². The smallest absolute Gasteiger partial charge is 0.0639 e. The molecule has 0 aliphatic heterocycles. The molecule has 0 aliphatic carbocycles. The average Bonchev–Trinajstić information content (AvgIpc) is 1.88. The SMILES string of the molecule is [3H]c1ccc(C(C)C)nc1. The molecule has 0 aliphatic rings. The predicted octanol–water partition coefficient (Wildman–Crippen LogP) is 2.21. The second kappa shape index (κ2) is 2.62. The maximum atomic E-state index is 7.17. The molecule has 1 heteroatoms. The van der Waals surface area contributed by atoms with Crippen LogP contribution in [-0.2, 0) is 0 Å². The molecule has 0 bridgehead atoms. The van der Waals surface area contributed by atoms with Gasteiger partial charge in [-0.25, -0.2) is 0 Å². The molecule has 0 atom stereocenters. The average molecular weight is 123 g/mol. The van der Waals surface area contributed by atoms with Crippen LogP contribution in [0.5, 0.6) is 0 Å². The Hall–Kier alpha value is -0.850. The van der Waals surface area contributed by atoms with Crippen LogP contribution in [0.15, 0.2) is 24.4 Å². The number of nitrogens with zero attached hydrogens (tertiary/aromatic N) is 1. The van der Waals surface area contributed by atoms with Gasteiger partial charge >= 0.3 is 0 Å². The first-order valence-corrected chi connectivity index (χ1v) is 3.12. The number of rotatable bonds is 1. The van der Waals surface area contributed by atoms with Crippen LogP contribution in [0.1, 0.15) is 26.8 Å². The highest BCUT2D eigenvalue weighted by molar-refractivity contribution is 5.06. The monoisotopic (exact) mass is 123 g/mol. The van der Waals surface area contributed by atoms with E-state index in [-0.39, 0.29) is 0 Å². The lowest BCUT2D eigenvalue weighted by molar-refractivity contribution is 0.823. The number of aromatic nitrogens is 1. The molecule has 0 fully saturated rings. The summed E-state index contributed by atoms with van der Waals surface area (Å²) in [6.45, 7) is 4.18. The van der Waals surface area contributed by atoms with E-state index in [1.807, 2.05) is 6.07 Å². The lowest BCUT2D eigenvalue weighted by atomic mass is 10.1. The molecule has 1 aromatic rings. The van der Waals surface area contributed by atoms with Crippen molar-refractivity contribution < 1.29 is 1.37 Å². The Morgan fingerprint density at radius 1 is 1.67 bits per heavy atom. The summed E-state index contributed by atoms with van der Waals surface area (Å²) < 4.78 is 7.17. The second-order valence-corrected chi connectivity index (χ2v) is 2.34. The number of pyridine rings is 1. The van der Waals surface area contributed by atoms with Gasteiger partial charge in [0.1, 0.15) is 0 Å². The van der Waals surface area contributed by atoms with Crippen molar-refractivity contribution >= 4 is 0 Å². The van der Waals surface area contributed by atoms with Crippen LogP contribution in [0.25, 0.3) is 0 Å². The first kappa shape index (κ1) is 4.98. The Kier molecular flexibility index (Phi) is 1.45. The minimum atomic E-state index is 0.459. The summed E-state index contributed by atoms with van der Waals surface area (Å²) in [7, 11) is 0. The van der Waals surface area contributed by atoms with Gasteiger partial charge in [-0.1, -0.05) is 19.9 Å². The molecule has 48 valence electrons. The van der Waals surface area contributed by atoms with Gasteiger partial charge in [-0.05, 0) is 18.0 Å². The van der Waals surface area contributed by atoms with E-state index in [1.54, 1.807) is 12.3 Å². The minimum Gasteiger partial charge on any atom is -0.261 e. The van der Waals surface area contributed by atoms with Crippen LogP contribution in [-0.4, -0.2) is 4.98 Å². The zero-order chi connectivity index (χ0) is 7.56. The molecule has 1 aromatic heterocycles. The third kappa shape index (κ3) is 1.53. The molecule has 0 spiro atoms. The molecule has 0 saturated heterocycles. The van der Waals surface area contributed by atoms with Crippen LogP contribution < -0.4 is 0 Å². The van der Waals surface area contributed by atoms with Crippen molar-refractivity contribution in [3.63, 3.8) is 0 Å². The van der Waals surface area contributed by atoms with E-state index < -0.39 is 0 Å². The summed E-state index contributed by atoms with van der Waals surface area (Å²) in [5, 5.41) is 0. The molecule has 1 rings (SSSR count). The van der Waals surface area contributed by atoms with E-state index in [2.05, 4.69) is 18.8 Å². The molecule has 0 unspecified atom stereocenters. The van der Waals surface area contributed by atoms with Crippen molar-refractivity contribution in [3.05, 3.63) is 30.1 Å². The summed E-state index contributed by atoms with van der Waals surface area (Å²) in [5.74, 6) is 0.459. The molecule has 1 nitrogen and oxygen atoms in total. The predicted molar refractivity (Wildman–Crippen MR) is 38.3 cm³/mol. The van der Waals surface area contributed by atoms with E-state index in [0.717, 1.165) is 5.69 Å². The molecule has 0 N–H and O–H groups in total. The number of hydrogen-bond acceptors (Lipinski definition) is 1. The van der Waals surface area contributed by atoms with Gasteiger partial charge in [0.2, 0.25) is 0 Å². The Morgan fingerprint density at radius 2 is 2.44 bits per heavy atom. The van der Waals surface area contributed by atoms with Gasteiger partial charge in [-0.3, -0.25) is 4.98 Å². The fourth-order valence-electron chi connectivity index (χ4n) is 0.673. The van der Waals surface area contributed by atoms with Crippen LogP contribution in [0.2, 0.25) is 0 Å². The first-order valence-electron chi connectivity index (χ1n) is 3.62. The van der Waals surface area contributed by atoms with Gasteiger partial charge in [-0.15, -0.1) is 0 Å². The normalized spacial score (nSPS) is 11.7. The van der Waals surface area contributed by atoms with E-state index in [4.69, 9.17) is 1.37 Å². The largest absolute Gasteiger partial charge is 0.261 e. The lowest BCUT2D eigenvalue weighted by Crippen LogP contribution is -1.88. The third-order valence-corrected chi connectivity index (χ3v) is 1.23. The number of hydrogen-bond donors (Lipinski definition) is 0. The summed E-state index contributed by atoms with van der Waals surface area (Å²) in [4.78, 5) is 4.09. The molecule has 0 saturated carbocycles. The topological polar surface area (TPSA) is 12.9 Å². The van der Waals surface area contributed by atoms with Gasteiger partial charge in [-0.2, -0.15) is 0 Å². The maximum absolute atomic E-state index is 7.17. The van der Waals surface area contributed by atoms with Crippen LogP contribution >= 0.6 is 0 Å². The molecular weight excluding hydrogens is 110 g/mol. The van der Waals surface area contributed by atoms with Crippen molar-refractivity contribution in [2.75, 3.05) is 0 Å². The summed E-state index contributed by atoms with van der Waals surface area (Å²) in [6.07, 6.45) is 1.58. The molecule has 0 amide bonds. The molecule has 0 radical (unpaired) electrons.